The number of halogens is 2. The van der Waals surface area contributed by atoms with Gasteiger partial charge >= 0.3 is 0 Å². The first-order chi connectivity index (χ1) is 9.50. The fourth-order valence-corrected chi connectivity index (χ4v) is 3.26. The molecule has 0 aliphatic rings. The number of thiocarbonyl (C=S) groups is 1. The Morgan fingerprint density at radius 1 is 1.55 bits per heavy atom. The minimum absolute atomic E-state index is 0.141. The molecule has 1 aromatic carbocycles. The Kier molecular flexibility index (Phi) is 5.06. The maximum Gasteiger partial charge on any atom is 0.179 e. The van der Waals surface area contributed by atoms with Gasteiger partial charge in [0.2, 0.25) is 0 Å². The summed E-state index contributed by atoms with van der Waals surface area (Å²) in [6.45, 7) is 2.33. The van der Waals surface area contributed by atoms with Gasteiger partial charge in [-0.05, 0) is 35.0 Å². The summed E-state index contributed by atoms with van der Waals surface area (Å²) in [6, 6.07) is 3.18. The molecule has 0 aliphatic heterocycles. The van der Waals surface area contributed by atoms with Crippen molar-refractivity contribution in [2.45, 2.75) is 13.3 Å². The number of nitrogens with zero attached hydrogens (tertiary/aromatic N) is 1. The molecule has 2 rings (SSSR count). The van der Waals surface area contributed by atoms with Crippen molar-refractivity contribution in [3.8, 4) is 5.75 Å². The van der Waals surface area contributed by atoms with Gasteiger partial charge in [0.25, 0.3) is 0 Å². The van der Waals surface area contributed by atoms with Crippen LogP contribution < -0.4 is 10.5 Å². The van der Waals surface area contributed by atoms with Crippen molar-refractivity contribution in [1.82, 2.24) is 4.98 Å². The predicted octanol–water partition coefficient (Wildman–Crippen LogP) is 3.61. The summed E-state index contributed by atoms with van der Waals surface area (Å²) >= 11 is 9.56. The molecular formula is C13H12BrFN2OS2. The molecule has 2 aromatic rings. The molecule has 0 fully saturated rings. The number of benzene rings is 1. The Morgan fingerprint density at radius 2 is 2.30 bits per heavy atom. The lowest BCUT2D eigenvalue weighted by Gasteiger charge is -2.10. The lowest BCUT2D eigenvalue weighted by atomic mass is 10.2. The average Bonchev–Trinajstić information content (AvgIpc) is 2.80. The Hall–Kier alpha value is -1.05. The van der Waals surface area contributed by atoms with Crippen LogP contribution in [0.15, 0.2) is 22.1 Å². The quantitative estimate of drug-likeness (QED) is 0.812. The molecule has 20 heavy (non-hydrogen) atoms. The SMILES string of the molecule is Cc1ncsc1CCOc1ccc(C(N)=S)c(Br)c1F. The van der Waals surface area contributed by atoms with Gasteiger partial charge in [-0.1, -0.05) is 12.2 Å². The van der Waals surface area contributed by atoms with Gasteiger partial charge in [-0.25, -0.2) is 9.37 Å². The first-order valence-corrected chi connectivity index (χ1v) is 7.88. The molecule has 1 aromatic heterocycles. The van der Waals surface area contributed by atoms with Crippen LogP contribution in [0.1, 0.15) is 16.1 Å². The summed E-state index contributed by atoms with van der Waals surface area (Å²) in [7, 11) is 0. The van der Waals surface area contributed by atoms with Gasteiger partial charge in [0.1, 0.15) is 4.99 Å². The molecule has 0 radical (unpaired) electrons. The van der Waals surface area contributed by atoms with Crippen molar-refractivity contribution in [1.29, 1.82) is 0 Å². The van der Waals surface area contributed by atoms with E-state index in [1.165, 1.54) is 6.07 Å². The van der Waals surface area contributed by atoms with Crippen LogP contribution in [0, 0.1) is 12.7 Å². The van der Waals surface area contributed by atoms with Gasteiger partial charge in [0, 0.05) is 16.9 Å². The zero-order valence-corrected chi connectivity index (χ0v) is 13.9. The number of ether oxygens (including phenoxy) is 1. The standard InChI is InChI=1S/C13H12BrFN2OS2/c1-7-10(20-6-17-7)4-5-18-9-3-2-8(13(16)19)11(14)12(9)15/h2-3,6H,4-5H2,1H3,(H2,16,19). The molecule has 3 nitrogen and oxygen atoms in total. The molecule has 0 spiro atoms. The lowest BCUT2D eigenvalue weighted by Crippen LogP contribution is -2.11. The van der Waals surface area contributed by atoms with E-state index in [0.717, 1.165) is 10.6 Å². The Morgan fingerprint density at radius 3 is 2.90 bits per heavy atom. The van der Waals surface area contributed by atoms with E-state index >= 15 is 0 Å². The summed E-state index contributed by atoms with van der Waals surface area (Å²) in [5.74, 6) is -0.310. The van der Waals surface area contributed by atoms with Crippen LogP contribution in [0.4, 0.5) is 4.39 Å². The molecule has 2 N–H and O–H groups in total. The van der Waals surface area contributed by atoms with Crippen LogP contribution in [0.25, 0.3) is 0 Å². The van der Waals surface area contributed by atoms with Gasteiger partial charge in [-0.3, -0.25) is 0 Å². The highest BCUT2D eigenvalue weighted by Crippen LogP contribution is 2.28. The molecule has 7 heteroatoms. The monoisotopic (exact) mass is 374 g/mol. The van der Waals surface area contributed by atoms with E-state index in [1.807, 2.05) is 6.92 Å². The van der Waals surface area contributed by atoms with Crippen molar-refractivity contribution in [2.75, 3.05) is 6.61 Å². The van der Waals surface area contributed by atoms with E-state index in [-0.39, 0.29) is 15.2 Å². The molecule has 0 amide bonds. The van der Waals surface area contributed by atoms with E-state index in [9.17, 15) is 4.39 Å². The van der Waals surface area contributed by atoms with E-state index in [0.29, 0.717) is 18.6 Å². The number of aromatic nitrogens is 1. The summed E-state index contributed by atoms with van der Waals surface area (Å²) in [6.07, 6.45) is 0.699. The molecule has 0 bridgehead atoms. The zero-order chi connectivity index (χ0) is 14.7. The Bertz CT molecular complexity index is 645. The molecule has 0 saturated heterocycles. The molecule has 106 valence electrons. The molecule has 0 saturated carbocycles. The Balaban J connectivity index is 2.05. The summed E-state index contributed by atoms with van der Waals surface area (Å²) < 4.78 is 19.8. The number of thiazole rings is 1. The maximum absolute atomic E-state index is 14.1. The van der Waals surface area contributed by atoms with Crippen LogP contribution in [-0.4, -0.2) is 16.6 Å². The largest absolute Gasteiger partial charge is 0.490 e. The van der Waals surface area contributed by atoms with E-state index < -0.39 is 5.82 Å². The van der Waals surface area contributed by atoms with Crippen LogP contribution in [-0.2, 0) is 6.42 Å². The number of aryl methyl sites for hydroxylation is 1. The summed E-state index contributed by atoms with van der Waals surface area (Å²) in [5, 5.41) is 0. The normalized spacial score (nSPS) is 10.6. The van der Waals surface area contributed by atoms with Crippen LogP contribution in [0.2, 0.25) is 0 Å². The molecular weight excluding hydrogens is 363 g/mol. The molecule has 0 atom stereocenters. The van der Waals surface area contributed by atoms with Gasteiger partial charge in [0.15, 0.2) is 11.6 Å². The van der Waals surface area contributed by atoms with Crippen molar-refractivity contribution < 1.29 is 9.13 Å². The van der Waals surface area contributed by atoms with Gasteiger partial charge < -0.3 is 10.5 Å². The number of hydrogen-bond donors (Lipinski definition) is 1. The minimum atomic E-state index is -0.490. The van der Waals surface area contributed by atoms with Crippen LogP contribution in [0.3, 0.4) is 0 Å². The molecule has 1 heterocycles. The smallest absolute Gasteiger partial charge is 0.179 e. The fourth-order valence-electron chi connectivity index (χ4n) is 1.65. The zero-order valence-electron chi connectivity index (χ0n) is 10.7. The van der Waals surface area contributed by atoms with Gasteiger partial charge in [0.05, 0.1) is 22.3 Å². The van der Waals surface area contributed by atoms with Gasteiger partial charge in [-0.2, -0.15) is 0 Å². The third kappa shape index (κ3) is 3.34. The number of nitrogens with two attached hydrogens (primary N) is 1. The number of hydrogen-bond acceptors (Lipinski definition) is 4. The topological polar surface area (TPSA) is 48.1 Å². The summed E-state index contributed by atoms with van der Waals surface area (Å²) in [5.41, 5.74) is 8.74. The van der Waals surface area contributed by atoms with E-state index in [2.05, 4.69) is 20.9 Å². The van der Waals surface area contributed by atoms with Crippen molar-refractivity contribution in [3.05, 3.63) is 44.1 Å². The average molecular weight is 375 g/mol. The van der Waals surface area contributed by atoms with Crippen molar-refractivity contribution in [3.63, 3.8) is 0 Å². The number of rotatable bonds is 5. The van der Waals surface area contributed by atoms with Crippen molar-refractivity contribution >= 4 is 44.5 Å². The molecule has 0 aliphatic carbocycles. The first-order valence-electron chi connectivity index (χ1n) is 5.80. The van der Waals surface area contributed by atoms with E-state index in [4.69, 9.17) is 22.7 Å². The fraction of sp³-hybridized carbons (Fsp3) is 0.231. The highest BCUT2D eigenvalue weighted by molar-refractivity contribution is 9.10. The third-order valence-electron chi connectivity index (χ3n) is 2.74. The highest BCUT2D eigenvalue weighted by atomic mass is 79.9. The lowest BCUT2D eigenvalue weighted by molar-refractivity contribution is 0.305. The first kappa shape index (κ1) is 15.3. The predicted molar refractivity (Wildman–Crippen MR) is 86.0 cm³/mol. The van der Waals surface area contributed by atoms with Crippen LogP contribution >= 0.6 is 39.5 Å². The van der Waals surface area contributed by atoms with Crippen LogP contribution in [0.5, 0.6) is 5.75 Å². The Labute approximate surface area is 134 Å². The summed E-state index contributed by atoms with van der Waals surface area (Å²) in [4.78, 5) is 5.44. The highest BCUT2D eigenvalue weighted by Gasteiger charge is 2.14. The maximum atomic E-state index is 14.1. The third-order valence-corrected chi connectivity index (χ3v) is 4.73. The van der Waals surface area contributed by atoms with Crippen molar-refractivity contribution in [2.24, 2.45) is 5.73 Å². The second-order valence-corrected chi connectivity index (χ2v) is 6.24. The minimum Gasteiger partial charge on any atom is -0.490 e. The second kappa shape index (κ2) is 6.60. The second-order valence-electron chi connectivity index (χ2n) is 4.06. The molecule has 0 unspecified atom stereocenters. The van der Waals surface area contributed by atoms with Gasteiger partial charge in [-0.15, -0.1) is 11.3 Å². The van der Waals surface area contributed by atoms with E-state index in [1.54, 1.807) is 22.9 Å².